The smallest absolute Gasteiger partial charge is 0.0484 e. The molecule has 0 aliphatic heterocycles. The lowest BCUT2D eigenvalue weighted by Gasteiger charge is -2.02. The molecule has 2 nitrogen and oxygen atoms in total. The molecule has 0 amide bonds. The van der Waals surface area contributed by atoms with Crippen LogP contribution in [0.3, 0.4) is 0 Å². The summed E-state index contributed by atoms with van der Waals surface area (Å²) in [5.74, 6) is 0. The van der Waals surface area contributed by atoms with Gasteiger partial charge in [-0.25, -0.2) is 0 Å². The van der Waals surface area contributed by atoms with Crippen molar-refractivity contribution >= 4 is 53.7 Å². The second-order valence-corrected chi connectivity index (χ2v) is 9.03. The summed E-state index contributed by atoms with van der Waals surface area (Å²) in [5.41, 5.74) is 5.45. The van der Waals surface area contributed by atoms with Gasteiger partial charge in [-0.2, -0.15) is 0 Å². The van der Waals surface area contributed by atoms with E-state index in [-0.39, 0.29) is 0 Å². The van der Waals surface area contributed by atoms with Gasteiger partial charge in [0, 0.05) is 62.7 Å². The molecule has 0 unspecified atom stereocenters. The van der Waals surface area contributed by atoms with E-state index < -0.39 is 0 Å². The molecule has 2 heterocycles. The third kappa shape index (κ3) is 3.62. The van der Waals surface area contributed by atoms with Crippen molar-refractivity contribution in [2.45, 2.75) is 46.2 Å². The predicted molar refractivity (Wildman–Crippen MR) is 123 cm³/mol. The zero-order valence-corrected chi connectivity index (χ0v) is 19.0. The van der Waals surface area contributed by atoms with Crippen LogP contribution in [0.5, 0.6) is 0 Å². The number of aromatic nitrogens is 2. The first-order valence-electron chi connectivity index (χ1n) is 9.65. The van der Waals surface area contributed by atoms with E-state index >= 15 is 0 Å². The fourth-order valence-electron chi connectivity index (χ4n) is 4.02. The highest BCUT2D eigenvalue weighted by atomic mass is 79.9. The van der Waals surface area contributed by atoms with Gasteiger partial charge in [0.1, 0.15) is 0 Å². The largest absolute Gasteiger partial charge is 0.347 e. The molecule has 0 spiro atoms. The van der Waals surface area contributed by atoms with Crippen LogP contribution in [-0.4, -0.2) is 9.13 Å². The average molecular weight is 488 g/mol. The van der Waals surface area contributed by atoms with E-state index in [1.54, 1.807) is 0 Å². The first-order chi connectivity index (χ1) is 13.1. The lowest BCUT2D eigenvalue weighted by Crippen LogP contribution is -1.94. The summed E-state index contributed by atoms with van der Waals surface area (Å²) in [6, 6.07) is 13.3. The molecule has 4 aromatic rings. The minimum Gasteiger partial charge on any atom is -0.347 e. The summed E-state index contributed by atoms with van der Waals surface area (Å²) in [7, 11) is 0. The van der Waals surface area contributed by atoms with E-state index in [0.717, 1.165) is 41.3 Å². The predicted octanol–water partition coefficient (Wildman–Crippen LogP) is 7.53. The minimum absolute atomic E-state index is 0.952. The molecule has 140 valence electrons. The molecule has 0 radical (unpaired) electrons. The number of benzene rings is 2. The van der Waals surface area contributed by atoms with E-state index in [1.165, 1.54) is 32.9 Å². The van der Waals surface area contributed by atoms with E-state index in [2.05, 4.69) is 104 Å². The molecule has 0 saturated heterocycles. The van der Waals surface area contributed by atoms with Crippen LogP contribution in [0.15, 0.2) is 57.7 Å². The zero-order valence-electron chi connectivity index (χ0n) is 15.8. The number of rotatable bonds is 6. The molecule has 0 bridgehead atoms. The van der Waals surface area contributed by atoms with Gasteiger partial charge in [0.15, 0.2) is 0 Å². The van der Waals surface area contributed by atoms with Crippen LogP contribution in [-0.2, 0) is 19.5 Å². The molecular weight excluding hydrogens is 464 g/mol. The Kier molecular flexibility index (Phi) is 5.47. The third-order valence-electron chi connectivity index (χ3n) is 5.16. The van der Waals surface area contributed by atoms with Crippen LogP contribution in [0.1, 0.15) is 37.8 Å². The van der Waals surface area contributed by atoms with Crippen LogP contribution < -0.4 is 0 Å². The van der Waals surface area contributed by atoms with E-state index in [0.29, 0.717) is 0 Å². The highest BCUT2D eigenvalue weighted by Gasteiger charge is 2.14. The van der Waals surface area contributed by atoms with Gasteiger partial charge >= 0.3 is 0 Å². The Hall–Kier alpha value is -1.52. The van der Waals surface area contributed by atoms with Crippen LogP contribution in [0.2, 0.25) is 0 Å². The van der Waals surface area contributed by atoms with Crippen LogP contribution >= 0.6 is 31.9 Å². The Labute approximate surface area is 177 Å². The molecule has 2 aromatic heterocycles. The van der Waals surface area contributed by atoms with E-state index in [9.17, 15) is 0 Å². The molecule has 0 N–H and O–H groups in total. The van der Waals surface area contributed by atoms with Gasteiger partial charge in [0.05, 0.1) is 0 Å². The highest BCUT2D eigenvalue weighted by molar-refractivity contribution is 9.10. The van der Waals surface area contributed by atoms with Gasteiger partial charge in [-0.15, -0.1) is 0 Å². The van der Waals surface area contributed by atoms with Gasteiger partial charge in [-0.1, -0.05) is 45.7 Å². The maximum absolute atomic E-state index is 3.65. The van der Waals surface area contributed by atoms with Crippen LogP contribution in [0.25, 0.3) is 21.8 Å². The van der Waals surface area contributed by atoms with E-state index in [1.807, 2.05) is 0 Å². The van der Waals surface area contributed by atoms with Crippen molar-refractivity contribution in [1.29, 1.82) is 0 Å². The molecule has 0 aliphatic carbocycles. The van der Waals surface area contributed by atoms with Crippen LogP contribution in [0, 0.1) is 0 Å². The number of aryl methyl sites for hydroxylation is 2. The maximum atomic E-state index is 3.65. The molecule has 4 rings (SSSR count). The minimum atomic E-state index is 0.952. The van der Waals surface area contributed by atoms with Gasteiger partial charge in [0.25, 0.3) is 0 Å². The fraction of sp³-hybridized carbons (Fsp3) is 0.304. The van der Waals surface area contributed by atoms with Gasteiger partial charge in [0.2, 0.25) is 0 Å². The Morgan fingerprint density at radius 1 is 0.704 bits per heavy atom. The van der Waals surface area contributed by atoms with Gasteiger partial charge in [-0.05, 0) is 60.4 Å². The number of halogens is 2. The third-order valence-corrected chi connectivity index (χ3v) is 6.15. The molecule has 2 aromatic carbocycles. The van der Waals surface area contributed by atoms with Crippen molar-refractivity contribution < 1.29 is 0 Å². The first kappa shape index (κ1) is 18.8. The SMILES string of the molecule is CCCn1cc(Cc2cn(CCC)c3ccc(Br)cc23)c2cc(Br)ccc21. The number of nitrogens with zero attached hydrogens (tertiary/aromatic N) is 2. The van der Waals surface area contributed by atoms with Crippen molar-refractivity contribution in [3.05, 3.63) is 68.9 Å². The summed E-state index contributed by atoms with van der Waals surface area (Å²) >= 11 is 7.31. The Balaban J connectivity index is 1.84. The molecule has 0 fully saturated rings. The summed E-state index contributed by atoms with van der Waals surface area (Å²) in [6.45, 7) is 6.59. The Morgan fingerprint density at radius 2 is 1.15 bits per heavy atom. The Morgan fingerprint density at radius 3 is 1.56 bits per heavy atom. The standard InChI is InChI=1S/C23H24Br2N2/c1-3-9-26-14-16(20-12-18(24)5-7-22(20)26)11-17-15-27(10-4-2)23-8-6-19(25)13-21(17)23/h5-8,12-15H,3-4,9-11H2,1-2H3. The van der Waals surface area contributed by atoms with Gasteiger partial charge < -0.3 is 9.13 Å². The lowest BCUT2D eigenvalue weighted by molar-refractivity contribution is 0.699. The zero-order chi connectivity index (χ0) is 19.0. The number of hydrogen-bond acceptors (Lipinski definition) is 0. The van der Waals surface area contributed by atoms with Crippen molar-refractivity contribution in [3.63, 3.8) is 0 Å². The lowest BCUT2D eigenvalue weighted by atomic mass is 10.0. The quantitative estimate of drug-likeness (QED) is 0.266. The second-order valence-electron chi connectivity index (χ2n) is 7.20. The van der Waals surface area contributed by atoms with Crippen molar-refractivity contribution in [2.24, 2.45) is 0 Å². The summed E-state index contributed by atoms with van der Waals surface area (Å²) < 4.78 is 7.08. The molecule has 0 atom stereocenters. The number of fused-ring (bicyclic) bond motifs is 2. The van der Waals surface area contributed by atoms with Crippen molar-refractivity contribution in [2.75, 3.05) is 0 Å². The summed E-state index contributed by atoms with van der Waals surface area (Å²) in [4.78, 5) is 0. The monoisotopic (exact) mass is 486 g/mol. The highest BCUT2D eigenvalue weighted by Crippen LogP contribution is 2.31. The normalized spacial score (nSPS) is 11.7. The van der Waals surface area contributed by atoms with Crippen molar-refractivity contribution in [1.82, 2.24) is 9.13 Å². The van der Waals surface area contributed by atoms with Crippen molar-refractivity contribution in [3.8, 4) is 0 Å². The molecule has 27 heavy (non-hydrogen) atoms. The first-order valence-corrected chi connectivity index (χ1v) is 11.2. The van der Waals surface area contributed by atoms with E-state index in [4.69, 9.17) is 0 Å². The average Bonchev–Trinajstić information content (AvgIpc) is 3.14. The molecular formula is C23H24Br2N2. The Bertz CT molecular complexity index is 1020. The second kappa shape index (κ2) is 7.84. The summed E-state index contributed by atoms with van der Waals surface area (Å²) in [6.07, 6.45) is 7.93. The molecule has 0 aliphatic rings. The summed E-state index contributed by atoms with van der Waals surface area (Å²) in [5, 5.41) is 2.70. The topological polar surface area (TPSA) is 9.86 Å². The fourth-order valence-corrected chi connectivity index (χ4v) is 4.75. The van der Waals surface area contributed by atoms with Crippen LogP contribution in [0.4, 0.5) is 0 Å². The maximum Gasteiger partial charge on any atom is 0.0484 e. The van der Waals surface area contributed by atoms with Gasteiger partial charge in [-0.3, -0.25) is 0 Å². The molecule has 4 heteroatoms. The number of hydrogen-bond donors (Lipinski definition) is 0. The molecule has 0 saturated carbocycles.